The summed E-state index contributed by atoms with van der Waals surface area (Å²) in [6, 6.07) is 2.40. The SMILES string of the molecule is O=C(C1=NC2CC/C=C(CCO)\C=N/C2=N1)N1C[C@H]2C[C@@H](c3cc(F)ccc3C(F)(F)F)C[C@H]2C1. The quantitative estimate of drug-likeness (QED) is 0.644. The third kappa shape index (κ3) is 4.80. The highest BCUT2D eigenvalue weighted by Crippen LogP contribution is 2.49. The molecule has 186 valence electrons. The molecule has 3 heterocycles. The van der Waals surface area contributed by atoms with Crippen LogP contribution in [0, 0.1) is 17.7 Å². The van der Waals surface area contributed by atoms with Crippen LogP contribution in [0.5, 0.6) is 0 Å². The van der Waals surface area contributed by atoms with Gasteiger partial charge in [-0.2, -0.15) is 13.2 Å². The van der Waals surface area contributed by atoms with Gasteiger partial charge in [-0.3, -0.25) is 9.79 Å². The number of carbonyl (C=O) groups excluding carboxylic acids is 1. The summed E-state index contributed by atoms with van der Waals surface area (Å²) in [6.07, 6.45) is 2.01. The second-order valence-corrected chi connectivity index (χ2v) is 9.65. The second kappa shape index (κ2) is 9.29. The Morgan fingerprint density at radius 2 is 1.91 bits per heavy atom. The third-order valence-corrected chi connectivity index (χ3v) is 7.39. The van der Waals surface area contributed by atoms with Crippen LogP contribution in [0.4, 0.5) is 17.6 Å². The number of fused-ring (bicyclic) bond motifs is 2. The number of alkyl halides is 3. The van der Waals surface area contributed by atoms with E-state index in [0.29, 0.717) is 44.6 Å². The number of amidine groups is 2. The van der Waals surface area contributed by atoms with E-state index >= 15 is 0 Å². The van der Waals surface area contributed by atoms with Crippen LogP contribution in [0.3, 0.4) is 0 Å². The first-order valence-electron chi connectivity index (χ1n) is 11.9. The summed E-state index contributed by atoms with van der Waals surface area (Å²) in [7, 11) is 0. The summed E-state index contributed by atoms with van der Waals surface area (Å²) in [5.41, 5.74) is 0.154. The molecule has 1 aromatic carbocycles. The molecule has 0 aromatic heterocycles. The summed E-state index contributed by atoms with van der Waals surface area (Å²) in [5, 5.41) is 9.14. The van der Waals surface area contributed by atoms with Crippen LogP contribution in [-0.2, 0) is 11.0 Å². The predicted molar refractivity (Wildman–Crippen MR) is 123 cm³/mol. The van der Waals surface area contributed by atoms with E-state index in [1.54, 1.807) is 11.1 Å². The molecule has 35 heavy (non-hydrogen) atoms. The zero-order valence-corrected chi connectivity index (χ0v) is 19.0. The number of carbonyl (C=O) groups is 1. The van der Waals surface area contributed by atoms with Gasteiger partial charge in [0.2, 0.25) is 5.84 Å². The predicted octanol–water partition coefficient (Wildman–Crippen LogP) is 4.15. The van der Waals surface area contributed by atoms with Crippen LogP contribution >= 0.6 is 0 Å². The maximum absolute atomic E-state index is 13.8. The second-order valence-electron chi connectivity index (χ2n) is 9.65. The first-order valence-corrected chi connectivity index (χ1v) is 11.9. The van der Waals surface area contributed by atoms with Crippen LogP contribution in [0.25, 0.3) is 0 Å². The molecule has 2 fully saturated rings. The van der Waals surface area contributed by atoms with Gasteiger partial charge >= 0.3 is 6.18 Å². The standard InChI is InChI=1S/C25H26F4N4O2/c26-18-4-5-20(25(27,28)29)19(10-18)15-8-16-12-33(13-17(16)9-15)24(35)23-31-21-3-1-2-14(6-7-34)11-30-22(21)32-23/h2,4-5,10-11,15-17,21,34H,1,3,6-9,12-13H2/b14-2-,30-11-/t15-,16-,17+,21?. The zero-order valence-electron chi connectivity index (χ0n) is 19.0. The molecule has 6 nitrogen and oxygen atoms in total. The highest BCUT2D eigenvalue weighted by atomic mass is 19.4. The van der Waals surface area contributed by atoms with Crippen LogP contribution < -0.4 is 0 Å². The van der Waals surface area contributed by atoms with Crippen LogP contribution in [0.15, 0.2) is 44.8 Å². The molecule has 1 N–H and O–H groups in total. The average Bonchev–Trinajstić information content (AvgIpc) is 3.47. The van der Waals surface area contributed by atoms with Gasteiger partial charge in [-0.25, -0.2) is 14.4 Å². The van der Waals surface area contributed by atoms with E-state index in [1.807, 2.05) is 6.08 Å². The number of likely N-dealkylation sites (tertiary alicyclic amines) is 1. The van der Waals surface area contributed by atoms with Crippen molar-refractivity contribution < 1.29 is 27.5 Å². The lowest BCUT2D eigenvalue weighted by Crippen LogP contribution is -2.34. The van der Waals surface area contributed by atoms with Gasteiger partial charge in [0.1, 0.15) is 11.9 Å². The Bertz CT molecular complexity index is 1130. The number of aliphatic imine (C=N–C) groups is 3. The van der Waals surface area contributed by atoms with Crippen LogP contribution in [-0.4, -0.2) is 59.5 Å². The van der Waals surface area contributed by atoms with Crippen molar-refractivity contribution in [1.82, 2.24) is 4.90 Å². The van der Waals surface area contributed by atoms with Crippen LogP contribution in [0.2, 0.25) is 0 Å². The van der Waals surface area contributed by atoms with Crippen molar-refractivity contribution in [3.8, 4) is 0 Å². The molecule has 1 aliphatic carbocycles. The summed E-state index contributed by atoms with van der Waals surface area (Å²) in [4.78, 5) is 28.1. The lowest BCUT2D eigenvalue weighted by molar-refractivity contribution is -0.138. The molecule has 5 rings (SSSR count). The minimum Gasteiger partial charge on any atom is -0.396 e. The molecule has 0 spiro atoms. The van der Waals surface area contributed by atoms with Gasteiger partial charge < -0.3 is 10.0 Å². The first kappa shape index (κ1) is 23.8. The fourth-order valence-corrected chi connectivity index (χ4v) is 5.74. The number of benzene rings is 1. The molecule has 4 aliphatic rings. The van der Waals surface area contributed by atoms with E-state index in [0.717, 1.165) is 30.2 Å². The number of hydrogen-bond donors (Lipinski definition) is 1. The Balaban J connectivity index is 1.25. The molecule has 3 aliphatic heterocycles. The normalized spacial score (nSPS) is 30.5. The first-order chi connectivity index (χ1) is 16.7. The largest absolute Gasteiger partial charge is 0.416 e. The Hall–Kier alpha value is -2.88. The molecule has 10 heteroatoms. The van der Waals surface area contributed by atoms with Crippen molar-refractivity contribution in [3.05, 3.63) is 46.8 Å². The molecule has 0 bridgehead atoms. The Labute approximate surface area is 200 Å². The van der Waals surface area contributed by atoms with Crippen molar-refractivity contribution >= 4 is 23.8 Å². The van der Waals surface area contributed by atoms with Crippen molar-refractivity contribution in [1.29, 1.82) is 0 Å². The molecule has 1 amide bonds. The molecule has 4 atom stereocenters. The highest BCUT2D eigenvalue weighted by Gasteiger charge is 2.46. The number of halogens is 4. The van der Waals surface area contributed by atoms with Crippen molar-refractivity contribution in [3.63, 3.8) is 0 Å². The number of nitrogens with zero attached hydrogens (tertiary/aromatic N) is 4. The van der Waals surface area contributed by atoms with Gasteiger partial charge in [0.15, 0.2) is 5.84 Å². The summed E-state index contributed by atoms with van der Waals surface area (Å²) < 4.78 is 54.2. The lowest BCUT2D eigenvalue weighted by Gasteiger charge is -2.21. The fraction of sp³-hybridized carbons (Fsp3) is 0.520. The molecule has 0 radical (unpaired) electrons. The average molecular weight is 491 g/mol. The fourth-order valence-electron chi connectivity index (χ4n) is 5.74. The molecule has 1 saturated heterocycles. The third-order valence-electron chi connectivity index (χ3n) is 7.39. The minimum absolute atomic E-state index is 0.0135. The van der Waals surface area contributed by atoms with Crippen LogP contribution in [0.1, 0.15) is 49.1 Å². The zero-order chi connectivity index (χ0) is 24.7. The highest BCUT2D eigenvalue weighted by molar-refractivity contribution is 6.41. The molecular formula is C25H26F4N4O2. The summed E-state index contributed by atoms with van der Waals surface area (Å²) >= 11 is 0. The van der Waals surface area contributed by atoms with Gasteiger partial charge in [-0.05, 0) is 79.2 Å². The van der Waals surface area contributed by atoms with Gasteiger partial charge in [0, 0.05) is 25.9 Å². The van der Waals surface area contributed by atoms with E-state index < -0.39 is 17.6 Å². The number of aliphatic hydroxyl groups is 1. The molecule has 1 aromatic rings. The maximum atomic E-state index is 13.8. The van der Waals surface area contributed by atoms with E-state index in [9.17, 15) is 22.4 Å². The lowest BCUT2D eigenvalue weighted by atomic mass is 9.91. The van der Waals surface area contributed by atoms with Gasteiger partial charge in [-0.15, -0.1) is 0 Å². The van der Waals surface area contributed by atoms with Crippen molar-refractivity contribution in [2.45, 2.75) is 50.2 Å². The minimum atomic E-state index is -4.53. The summed E-state index contributed by atoms with van der Waals surface area (Å²) in [5.74, 6) is -0.620. The number of allylic oxidation sites excluding steroid dienone is 1. The van der Waals surface area contributed by atoms with Crippen molar-refractivity contribution in [2.75, 3.05) is 19.7 Å². The molecule has 1 saturated carbocycles. The molecule has 1 unspecified atom stereocenters. The Kier molecular flexibility index (Phi) is 6.33. The van der Waals surface area contributed by atoms with Crippen molar-refractivity contribution in [2.24, 2.45) is 26.8 Å². The Morgan fingerprint density at radius 1 is 1.17 bits per heavy atom. The number of aliphatic hydroxyl groups excluding tert-OH is 1. The van der Waals surface area contributed by atoms with E-state index in [1.165, 1.54) is 0 Å². The number of rotatable bonds is 4. The Morgan fingerprint density at radius 3 is 2.60 bits per heavy atom. The van der Waals surface area contributed by atoms with Gasteiger partial charge in [0.05, 0.1) is 5.56 Å². The maximum Gasteiger partial charge on any atom is 0.416 e. The van der Waals surface area contributed by atoms with E-state index in [2.05, 4.69) is 15.0 Å². The monoisotopic (exact) mass is 490 g/mol. The van der Waals surface area contributed by atoms with Gasteiger partial charge in [-0.1, -0.05) is 6.08 Å². The number of hydrogen-bond acceptors (Lipinski definition) is 5. The van der Waals surface area contributed by atoms with Gasteiger partial charge in [0.25, 0.3) is 5.91 Å². The topological polar surface area (TPSA) is 77.6 Å². The molecular weight excluding hydrogens is 464 g/mol. The van der Waals surface area contributed by atoms with E-state index in [-0.39, 0.29) is 47.7 Å². The van der Waals surface area contributed by atoms with E-state index in [4.69, 9.17) is 5.11 Å². The smallest absolute Gasteiger partial charge is 0.396 e. The summed E-state index contributed by atoms with van der Waals surface area (Å²) in [6.45, 7) is 0.885. The number of amides is 1.